The van der Waals surface area contributed by atoms with Crippen molar-refractivity contribution in [2.75, 3.05) is 5.32 Å². The number of aromatic amines is 1. The van der Waals surface area contributed by atoms with Crippen LogP contribution in [0.5, 0.6) is 0 Å². The summed E-state index contributed by atoms with van der Waals surface area (Å²) in [5.74, 6) is -0.234. The molecule has 0 fully saturated rings. The molecule has 2 aromatic heterocycles. The van der Waals surface area contributed by atoms with E-state index in [1.807, 2.05) is 30.5 Å². The first-order chi connectivity index (χ1) is 10.1. The van der Waals surface area contributed by atoms with E-state index in [2.05, 4.69) is 31.2 Å². The largest absolute Gasteiger partial charge is 0.361 e. The van der Waals surface area contributed by atoms with Crippen molar-refractivity contribution in [3.8, 4) is 0 Å². The molecule has 3 rings (SSSR count). The molecule has 108 valence electrons. The summed E-state index contributed by atoms with van der Waals surface area (Å²) in [5, 5.41) is 4.36. The van der Waals surface area contributed by atoms with Crippen LogP contribution in [0.15, 0.2) is 40.4 Å². The Balaban J connectivity index is 1.70. The van der Waals surface area contributed by atoms with Gasteiger partial charge in [0, 0.05) is 17.1 Å². The molecule has 2 heterocycles. The number of halogens is 1. The van der Waals surface area contributed by atoms with Crippen LogP contribution in [0.4, 0.5) is 5.13 Å². The molecular weight excluding hydrogens is 352 g/mol. The van der Waals surface area contributed by atoms with Gasteiger partial charge in [0.05, 0.1) is 16.0 Å². The van der Waals surface area contributed by atoms with Crippen LogP contribution in [0.3, 0.4) is 0 Å². The van der Waals surface area contributed by atoms with Crippen LogP contribution in [-0.2, 0) is 11.2 Å². The Kier molecular flexibility index (Phi) is 4.05. The number of anilines is 1. The van der Waals surface area contributed by atoms with Crippen molar-refractivity contribution in [1.82, 2.24) is 9.97 Å². The number of hydrogen-bond acceptors (Lipinski definition) is 4. The average molecular weight is 365 g/mol. The Hall–Kier alpha value is -1.70. The summed E-state index contributed by atoms with van der Waals surface area (Å²) >= 11 is 4.66. The number of nitrogens with two attached hydrogens (primary N) is 1. The number of nitrogens with zero attached hydrogens (tertiary/aromatic N) is 1. The lowest BCUT2D eigenvalue weighted by molar-refractivity contribution is -0.117. The minimum absolute atomic E-state index is 0.234. The summed E-state index contributed by atoms with van der Waals surface area (Å²) in [4.78, 5) is 19.3. The highest BCUT2D eigenvalue weighted by Gasteiger charge is 2.17. The topological polar surface area (TPSA) is 83.8 Å². The van der Waals surface area contributed by atoms with Crippen LogP contribution >= 0.6 is 27.3 Å². The summed E-state index contributed by atoms with van der Waals surface area (Å²) < 4.78 is 0.864. The van der Waals surface area contributed by atoms with Gasteiger partial charge in [0.25, 0.3) is 0 Å². The first kappa shape index (κ1) is 14.2. The van der Waals surface area contributed by atoms with Gasteiger partial charge in [-0.1, -0.05) is 29.5 Å². The standard InChI is InChI=1S/C14H13BrN4OS/c15-12-7-18-14(21-12)19-13(20)10(16)5-8-6-17-11-4-2-1-3-9(8)11/h1-4,6-7,10,17H,5,16H2,(H,18,19,20)/t10-/m1/s1. The second kappa shape index (κ2) is 5.97. The van der Waals surface area contributed by atoms with E-state index < -0.39 is 6.04 Å². The first-order valence-electron chi connectivity index (χ1n) is 6.36. The molecule has 0 aliphatic heterocycles. The molecule has 4 N–H and O–H groups in total. The lowest BCUT2D eigenvalue weighted by atomic mass is 10.1. The predicted molar refractivity (Wildman–Crippen MR) is 88.4 cm³/mol. The highest BCUT2D eigenvalue weighted by Crippen LogP contribution is 2.23. The van der Waals surface area contributed by atoms with Gasteiger partial charge in [-0.2, -0.15) is 0 Å². The molecule has 0 aliphatic rings. The van der Waals surface area contributed by atoms with Crippen LogP contribution in [0, 0.1) is 0 Å². The summed E-state index contributed by atoms with van der Waals surface area (Å²) in [5.41, 5.74) is 8.07. The first-order valence-corrected chi connectivity index (χ1v) is 7.97. The van der Waals surface area contributed by atoms with Crippen LogP contribution in [0.1, 0.15) is 5.56 Å². The molecule has 1 atom stereocenters. The van der Waals surface area contributed by atoms with E-state index in [1.165, 1.54) is 11.3 Å². The van der Waals surface area contributed by atoms with Crippen molar-refractivity contribution in [3.63, 3.8) is 0 Å². The van der Waals surface area contributed by atoms with Gasteiger partial charge in [-0.15, -0.1) is 0 Å². The number of benzene rings is 1. The van der Waals surface area contributed by atoms with E-state index in [1.54, 1.807) is 6.20 Å². The minimum atomic E-state index is -0.619. The molecule has 0 saturated heterocycles. The Morgan fingerprint density at radius 2 is 2.29 bits per heavy atom. The maximum absolute atomic E-state index is 12.1. The number of H-pyrrole nitrogens is 1. The molecule has 1 aromatic carbocycles. The van der Waals surface area contributed by atoms with Gasteiger partial charge in [0.15, 0.2) is 5.13 Å². The number of nitrogens with one attached hydrogen (secondary N) is 2. The number of aromatic nitrogens is 2. The molecule has 0 unspecified atom stereocenters. The van der Waals surface area contributed by atoms with Crippen LogP contribution < -0.4 is 11.1 Å². The van der Waals surface area contributed by atoms with Gasteiger partial charge in [0.2, 0.25) is 5.91 Å². The second-order valence-corrected chi connectivity index (χ2v) is 7.04. The summed E-state index contributed by atoms with van der Waals surface area (Å²) in [7, 11) is 0. The zero-order chi connectivity index (χ0) is 14.8. The molecule has 0 spiro atoms. The van der Waals surface area contributed by atoms with Crippen molar-refractivity contribution < 1.29 is 4.79 Å². The summed E-state index contributed by atoms with van der Waals surface area (Å²) in [6.45, 7) is 0. The number of para-hydroxylation sites is 1. The number of thiazole rings is 1. The monoisotopic (exact) mass is 364 g/mol. The summed E-state index contributed by atoms with van der Waals surface area (Å²) in [6, 6.07) is 7.33. The third-order valence-electron chi connectivity index (χ3n) is 3.16. The van der Waals surface area contributed by atoms with Gasteiger partial charge in [0.1, 0.15) is 0 Å². The molecule has 1 amide bonds. The van der Waals surface area contributed by atoms with E-state index in [-0.39, 0.29) is 5.91 Å². The van der Waals surface area contributed by atoms with Gasteiger partial charge in [-0.25, -0.2) is 4.98 Å². The quantitative estimate of drug-likeness (QED) is 0.665. The van der Waals surface area contributed by atoms with Crippen molar-refractivity contribution >= 4 is 49.2 Å². The zero-order valence-electron chi connectivity index (χ0n) is 11.0. The number of amides is 1. The summed E-state index contributed by atoms with van der Waals surface area (Å²) in [6.07, 6.45) is 4.02. The fraction of sp³-hybridized carbons (Fsp3) is 0.143. The maximum atomic E-state index is 12.1. The van der Waals surface area contributed by atoms with E-state index in [4.69, 9.17) is 5.73 Å². The molecule has 0 radical (unpaired) electrons. The molecule has 0 aliphatic carbocycles. The smallest absolute Gasteiger partial charge is 0.243 e. The minimum Gasteiger partial charge on any atom is -0.361 e. The van der Waals surface area contributed by atoms with Crippen molar-refractivity contribution in [1.29, 1.82) is 0 Å². The maximum Gasteiger partial charge on any atom is 0.243 e. The van der Waals surface area contributed by atoms with E-state index in [0.29, 0.717) is 11.6 Å². The Morgan fingerprint density at radius 3 is 3.05 bits per heavy atom. The van der Waals surface area contributed by atoms with Crippen molar-refractivity contribution in [2.45, 2.75) is 12.5 Å². The van der Waals surface area contributed by atoms with E-state index >= 15 is 0 Å². The predicted octanol–water partition coefficient (Wildman–Crippen LogP) is 2.90. The molecule has 7 heteroatoms. The lowest BCUT2D eigenvalue weighted by Gasteiger charge is -2.10. The number of carbonyl (C=O) groups excluding carboxylic acids is 1. The SMILES string of the molecule is N[C@H](Cc1c[nH]c2ccccc12)C(=O)Nc1ncc(Br)s1. The fourth-order valence-corrected chi connectivity index (χ4v) is 3.25. The second-order valence-electron chi connectivity index (χ2n) is 4.63. The third kappa shape index (κ3) is 3.15. The van der Waals surface area contributed by atoms with Crippen LogP contribution in [0.25, 0.3) is 10.9 Å². The Labute approximate surface area is 133 Å². The highest BCUT2D eigenvalue weighted by atomic mass is 79.9. The van der Waals surface area contributed by atoms with Gasteiger partial charge in [-0.3, -0.25) is 4.79 Å². The number of hydrogen-bond donors (Lipinski definition) is 3. The zero-order valence-corrected chi connectivity index (χ0v) is 13.4. The molecular formula is C14H13BrN4OS. The molecule has 0 saturated carbocycles. The van der Waals surface area contributed by atoms with Crippen LogP contribution in [-0.4, -0.2) is 21.9 Å². The molecule has 3 aromatic rings. The van der Waals surface area contributed by atoms with E-state index in [9.17, 15) is 4.79 Å². The fourth-order valence-electron chi connectivity index (χ4n) is 2.14. The van der Waals surface area contributed by atoms with Gasteiger partial charge in [-0.05, 0) is 34.0 Å². The number of carbonyl (C=O) groups is 1. The molecule has 21 heavy (non-hydrogen) atoms. The average Bonchev–Trinajstić information content (AvgIpc) is 3.06. The van der Waals surface area contributed by atoms with Gasteiger partial charge >= 0.3 is 0 Å². The van der Waals surface area contributed by atoms with Crippen LogP contribution in [0.2, 0.25) is 0 Å². The normalized spacial score (nSPS) is 12.5. The van der Waals surface area contributed by atoms with E-state index in [0.717, 1.165) is 20.3 Å². The lowest BCUT2D eigenvalue weighted by Crippen LogP contribution is -2.37. The van der Waals surface area contributed by atoms with Crippen molar-refractivity contribution in [2.24, 2.45) is 5.73 Å². The molecule has 5 nitrogen and oxygen atoms in total. The molecule has 0 bridgehead atoms. The number of rotatable bonds is 4. The Bertz CT molecular complexity index is 782. The van der Waals surface area contributed by atoms with Crippen molar-refractivity contribution in [3.05, 3.63) is 46.0 Å². The third-order valence-corrected chi connectivity index (χ3v) is 4.55. The Morgan fingerprint density at radius 1 is 1.48 bits per heavy atom. The van der Waals surface area contributed by atoms with Gasteiger partial charge < -0.3 is 16.0 Å². The highest BCUT2D eigenvalue weighted by molar-refractivity contribution is 9.11. The number of fused-ring (bicyclic) bond motifs is 1.